The SMILES string of the molecule is O=C(CN1C(=O)/C(=C\c2ccccc2)SC1=S)N[C@H]1CCS(=O)(=O)C1. The van der Waals surface area contributed by atoms with Gasteiger partial charge in [0.1, 0.15) is 10.9 Å². The van der Waals surface area contributed by atoms with Gasteiger partial charge in [0, 0.05) is 6.04 Å². The van der Waals surface area contributed by atoms with Crippen LogP contribution in [0.25, 0.3) is 6.08 Å². The number of thioether (sulfide) groups is 1. The van der Waals surface area contributed by atoms with E-state index >= 15 is 0 Å². The van der Waals surface area contributed by atoms with Gasteiger partial charge in [-0.15, -0.1) is 0 Å². The molecule has 1 aromatic carbocycles. The van der Waals surface area contributed by atoms with Crippen molar-refractivity contribution in [1.82, 2.24) is 10.2 Å². The highest BCUT2D eigenvalue weighted by Crippen LogP contribution is 2.32. The van der Waals surface area contributed by atoms with Crippen molar-refractivity contribution >= 4 is 56.0 Å². The fraction of sp³-hybridized carbons (Fsp3) is 0.312. The third-order valence-corrected chi connectivity index (χ3v) is 7.02. The number of carbonyl (C=O) groups is 2. The minimum Gasteiger partial charge on any atom is -0.351 e. The Morgan fingerprint density at radius 1 is 1.36 bits per heavy atom. The van der Waals surface area contributed by atoms with Crippen molar-refractivity contribution in [2.75, 3.05) is 18.1 Å². The average Bonchev–Trinajstić information content (AvgIpc) is 3.02. The highest BCUT2D eigenvalue weighted by molar-refractivity contribution is 8.26. The zero-order valence-electron chi connectivity index (χ0n) is 13.2. The van der Waals surface area contributed by atoms with Crippen molar-refractivity contribution in [2.24, 2.45) is 0 Å². The predicted molar refractivity (Wildman–Crippen MR) is 102 cm³/mol. The van der Waals surface area contributed by atoms with E-state index in [2.05, 4.69) is 5.32 Å². The topological polar surface area (TPSA) is 83.6 Å². The van der Waals surface area contributed by atoms with Gasteiger partial charge in [-0.25, -0.2) is 8.42 Å². The lowest BCUT2D eigenvalue weighted by molar-refractivity contribution is -0.129. The van der Waals surface area contributed by atoms with Crippen LogP contribution in [0, 0.1) is 0 Å². The molecule has 2 saturated heterocycles. The van der Waals surface area contributed by atoms with Gasteiger partial charge >= 0.3 is 0 Å². The summed E-state index contributed by atoms with van der Waals surface area (Å²) >= 11 is 6.35. The minimum atomic E-state index is -3.07. The van der Waals surface area contributed by atoms with Crippen molar-refractivity contribution in [3.63, 3.8) is 0 Å². The lowest BCUT2D eigenvalue weighted by Gasteiger charge is -2.16. The summed E-state index contributed by atoms with van der Waals surface area (Å²) in [6, 6.07) is 8.98. The summed E-state index contributed by atoms with van der Waals surface area (Å²) in [6.45, 7) is -0.201. The van der Waals surface area contributed by atoms with E-state index in [0.717, 1.165) is 17.3 Å². The molecule has 0 aliphatic carbocycles. The van der Waals surface area contributed by atoms with E-state index in [4.69, 9.17) is 12.2 Å². The van der Waals surface area contributed by atoms with Crippen LogP contribution < -0.4 is 5.32 Å². The third-order valence-electron chi connectivity index (χ3n) is 3.87. The van der Waals surface area contributed by atoms with Crippen molar-refractivity contribution in [3.8, 4) is 0 Å². The smallest absolute Gasteiger partial charge is 0.266 e. The zero-order chi connectivity index (χ0) is 18.0. The number of amides is 2. The molecule has 1 N–H and O–H groups in total. The zero-order valence-corrected chi connectivity index (χ0v) is 15.6. The maximum atomic E-state index is 12.5. The molecule has 2 heterocycles. The number of nitrogens with zero attached hydrogens (tertiary/aromatic N) is 1. The van der Waals surface area contributed by atoms with Gasteiger partial charge in [-0.05, 0) is 18.1 Å². The van der Waals surface area contributed by atoms with Crippen LogP contribution in [0.4, 0.5) is 0 Å². The summed E-state index contributed by atoms with van der Waals surface area (Å²) in [6.07, 6.45) is 2.14. The first kappa shape index (κ1) is 18.1. The molecule has 2 fully saturated rings. The molecule has 2 amide bonds. The summed E-state index contributed by atoms with van der Waals surface area (Å²) < 4.78 is 23.2. The van der Waals surface area contributed by atoms with Crippen LogP contribution in [0.1, 0.15) is 12.0 Å². The third kappa shape index (κ3) is 4.47. The summed E-state index contributed by atoms with van der Waals surface area (Å²) in [5, 5.41) is 2.67. The first-order valence-corrected chi connectivity index (χ1v) is 10.7. The lowest BCUT2D eigenvalue weighted by Crippen LogP contribution is -2.43. The van der Waals surface area contributed by atoms with Crippen LogP contribution in [0.2, 0.25) is 0 Å². The second-order valence-electron chi connectivity index (χ2n) is 5.85. The van der Waals surface area contributed by atoms with Crippen molar-refractivity contribution in [2.45, 2.75) is 12.5 Å². The van der Waals surface area contributed by atoms with Gasteiger partial charge in [-0.3, -0.25) is 14.5 Å². The Kier molecular flexibility index (Phi) is 5.26. The molecule has 0 aromatic heterocycles. The van der Waals surface area contributed by atoms with Gasteiger partial charge in [0.05, 0.1) is 16.4 Å². The summed E-state index contributed by atoms with van der Waals surface area (Å²) in [5.41, 5.74) is 0.878. The van der Waals surface area contributed by atoms with E-state index in [1.165, 1.54) is 4.90 Å². The molecule has 0 saturated carbocycles. The number of benzene rings is 1. The minimum absolute atomic E-state index is 0.0506. The number of thiocarbonyl (C=S) groups is 1. The number of rotatable bonds is 4. The van der Waals surface area contributed by atoms with Gasteiger partial charge in [0.25, 0.3) is 5.91 Å². The van der Waals surface area contributed by atoms with E-state index in [1.54, 1.807) is 6.08 Å². The van der Waals surface area contributed by atoms with Crippen molar-refractivity contribution in [1.29, 1.82) is 0 Å². The van der Waals surface area contributed by atoms with Crippen LogP contribution in [0.15, 0.2) is 35.2 Å². The summed E-state index contributed by atoms with van der Waals surface area (Å²) in [5.74, 6) is -0.684. The molecule has 0 bridgehead atoms. The summed E-state index contributed by atoms with van der Waals surface area (Å²) in [7, 11) is -3.07. The van der Waals surface area contributed by atoms with Crippen LogP contribution in [-0.2, 0) is 19.4 Å². The van der Waals surface area contributed by atoms with Crippen LogP contribution in [-0.4, -0.2) is 53.5 Å². The second-order valence-corrected chi connectivity index (χ2v) is 9.75. The quantitative estimate of drug-likeness (QED) is 0.608. The Morgan fingerprint density at radius 2 is 2.08 bits per heavy atom. The van der Waals surface area contributed by atoms with Gasteiger partial charge in [-0.1, -0.05) is 54.3 Å². The molecule has 6 nitrogen and oxygen atoms in total. The molecular weight excluding hydrogens is 380 g/mol. The molecule has 9 heteroatoms. The first-order valence-electron chi connectivity index (χ1n) is 7.64. The number of hydrogen-bond acceptors (Lipinski definition) is 6. The maximum Gasteiger partial charge on any atom is 0.266 e. The maximum absolute atomic E-state index is 12.5. The van der Waals surface area contributed by atoms with Crippen LogP contribution in [0.3, 0.4) is 0 Å². The van der Waals surface area contributed by atoms with E-state index in [0.29, 0.717) is 15.6 Å². The monoisotopic (exact) mass is 396 g/mol. The van der Waals surface area contributed by atoms with E-state index in [1.807, 2.05) is 30.3 Å². The van der Waals surface area contributed by atoms with Gasteiger partial charge in [0.15, 0.2) is 9.84 Å². The summed E-state index contributed by atoms with van der Waals surface area (Å²) in [4.78, 5) is 26.3. The molecular formula is C16H16N2O4S3. The molecule has 0 radical (unpaired) electrons. The van der Waals surface area contributed by atoms with Crippen LogP contribution >= 0.6 is 24.0 Å². The first-order chi connectivity index (χ1) is 11.8. The van der Waals surface area contributed by atoms with Crippen LogP contribution in [0.5, 0.6) is 0 Å². The molecule has 2 aliphatic rings. The highest BCUT2D eigenvalue weighted by atomic mass is 32.2. The van der Waals surface area contributed by atoms with Crippen molar-refractivity contribution < 1.29 is 18.0 Å². The van der Waals surface area contributed by atoms with E-state index < -0.39 is 21.8 Å². The molecule has 1 aromatic rings. The van der Waals surface area contributed by atoms with Gasteiger partial charge in [0.2, 0.25) is 5.91 Å². The molecule has 1 atom stereocenters. The van der Waals surface area contributed by atoms with Crippen molar-refractivity contribution in [3.05, 3.63) is 40.8 Å². The predicted octanol–water partition coefficient (Wildman–Crippen LogP) is 1.19. The molecule has 3 rings (SSSR count). The Hall–Kier alpha value is -1.71. The standard InChI is InChI=1S/C16H16N2O4S3/c19-14(17-12-6-7-25(21,22)10-12)9-18-15(20)13(24-16(18)23)8-11-4-2-1-3-5-11/h1-5,8,12H,6-7,9-10H2,(H,17,19)/b13-8+/t12-/m0/s1. The van der Waals surface area contributed by atoms with E-state index in [-0.39, 0.29) is 24.0 Å². The van der Waals surface area contributed by atoms with Gasteiger partial charge < -0.3 is 5.32 Å². The molecule has 0 spiro atoms. The number of sulfone groups is 1. The Bertz CT molecular complexity index is 849. The Labute approximate surface area is 155 Å². The molecule has 132 valence electrons. The fourth-order valence-corrected chi connectivity index (χ4v) is 5.59. The highest BCUT2D eigenvalue weighted by Gasteiger charge is 2.35. The normalized spacial score (nSPS) is 24.1. The number of nitrogens with one attached hydrogen (secondary N) is 1. The number of carbonyl (C=O) groups excluding carboxylic acids is 2. The second kappa shape index (κ2) is 7.27. The van der Waals surface area contributed by atoms with Gasteiger partial charge in [-0.2, -0.15) is 0 Å². The molecule has 25 heavy (non-hydrogen) atoms. The average molecular weight is 397 g/mol. The lowest BCUT2D eigenvalue weighted by atomic mass is 10.2. The molecule has 2 aliphatic heterocycles. The Balaban J connectivity index is 1.63. The fourth-order valence-electron chi connectivity index (χ4n) is 2.66. The number of hydrogen-bond donors (Lipinski definition) is 1. The van der Waals surface area contributed by atoms with E-state index in [9.17, 15) is 18.0 Å². The Morgan fingerprint density at radius 3 is 2.72 bits per heavy atom. The largest absolute Gasteiger partial charge is 0.351 e. The molecule has 0 unspecified atom stereocenters.